The number of rotatable bonds is 6. The second-order valence-electron chi connectivity index (χ2n) is 3.76. The SMILES string of the molecule is CCOc1ccccc1C(=O)N[C@H](C)COC. The Kier molecular flexibility index (Phi) is 5.49. The molecule has 1 atom stereocenters. The van der Waals surface area contributed by atoms with Gasteiger partial charge in [-0.15, -0.1) is 0 Å². The summed E-state index contributed by atoms with van der Waals surface area (Å²) in [6.45, 7) is 4.81. The monoisotopic (exact) mass is 237 g/mol. The van der Waals surface area contributed by atoms with Crippen LogP contribution in [0.2, 0.25) is 0 Å². The molecular weight excluding hydrogens is 218 g/mol. The summed E-state index contributed by atoms with van der Waals surface area (Å²) in [6, 6.07) is 7.18. The summed E-state index contributed by atoms with van der Waals surface area (Å²) in [5.41, 5.74) is 0.553. The van der Waals surface area contributed by atoms with E-state index in [1.54, 1.807) is 19.2 Å². The summed E-state index contributed by atoms with van der Waals surface area (Å²) >= 11 is 0. The first-order chi connectivity index (χ1) is 8.19. The van der Waals surface area contributed by atoms with Gasteiger partial charge in [-0.25, -0.2) is 0 Å². The van der Waals surface area contributed by atoms with E-state index in [1.165, 1.54) is 0 Å². The summed E-state index contributed by atoms with van der Waals surface area (Å²) in [5.74, 6) is 0.468. The van der Waals surface area contributed by atoms with E-state index in [2.05, 4.69) is 5.32 Å². The van der Waals surface area contributed by atoms with Gasteiger partial charge in [0.25, 0.3) is 5.91 Å². The number of nitrogens with one attached hydrogen (secondary N) is 1. The maximum Gasteiger partial charge on any atom is 0.255 e. The zero-order valence-electron chi connectivity index (χ0n) is 10.5. The molecule has 1 amide bonds. The number of carbonyl (C=O) groups is 1. The van der Waals surface area contributed by atoms with E-state index < -0.39 is 0 Å². The van der Waals surface area contributed by atoms with Crippen LogP contribution < -0.4 is 10.1 Å². The molecule has 0 radical (unpaired) electrons. The molecule has 1 aromatic rings. The van der Waals surface area contributed by atoms with Crippen molar-refractivity contribution in [2.24, 2.45) is 0 Å². The number of hydrogen-bond acceptors (Lipinski definition) is 3. The van der Waals surface area contributed by atoms with Crippen LogP contribution in [0.3, 0.4) is 0 Å². The summed E-state index contributed by atoms with van der Waals surface area (Å²) in [6.07, 6.45) is 0. The van der Waals surface area contributed by atoms with E-state index in [0.717, 1.165) is 0 Å². The second-order valence-corrected chi connectivity index (χ2v) is 3.76. The van der Waals surface area contributed by atoms with Crippen LogP contribution in [-0.4, -0.2) is 32.3 Å². The molecule has 1 rings (SSSR count). The van der Waals surface area contributed by atoms with Crippen molar-refractivity contribution in [3.8, 4) is 5.75 Å². The standard InChI is InChI=1S/C13H19NO3/c1-4-17-12-8-6-5-7-11(12)13(15)14-10(2)9-16-3/h5-8,10H,4,9H2,1-3H3,(H,14,15)/t10-/m1/s1. The third-order valence-corrected chi connectivity index (χ3v) is 2.23. The van der Waals surface area contributed by atoms with Crippen molar-refractivity contribution in [3.05, 3.63) is 29.8 Å². The van der Waals surface area contributed by atoms with Crippen LogP contribution in [0.15, 0.2) is 24.3 Å². The third kappa shape index (κ3) is 4.07. The molecule has 1 aromatic carbocycles. The Bertz CT molecular complexity index is 365. The topological polar surface area (TPSA) is 47.6 Å². The smallest absolute Gasteiger partial charge is 0.255 e. The number of amides is 1. The van der Waals surface area contributed by atoms with Crippen LogP contribution in [-0.2, 0) is 4.74 Å². The van der Waals surface area contributed by atoms with Gasteiger partial charge in [0.15, 0.2) is 0 Å². The fourth-order valence-corrected chi connectivity index (χ4v) is 1.53. The molecule has 4 nitrogen and oxygen atoms in total. The Balaban J connectivity index is 2.74. The number of carbonyl (C=O) groups excluding carboxylic acids is 1. The average molecular weight is 237 g/mol. The lowest BCUT2D eigenvalue weighted by Gasteiger charge is -2.14. The van der Waals surface area contributed by atoms with Crippen LogP contribution in [0.5, 0.6) is 5.75 Å². The van der Waals surface area contributed by atoms with Crippen LogP contribution in [0.25, 0.3) is 0 Å². The predicted octanol–water partition coefficient (Wildman–Crippen LogP) is 1.85. The van der Waals surface area contributed by atoms with Gasteiger partial charge in [0, 0.05) is 13.2 Å². The predicted molar refractivity (Wildman–Crippen MR) is 66.4 cm³/mol. The average Bonchev–Trinajstić information content (AvgIpc) is 2.30. The summed E-state index contributed by atoms with van der Waals surface area (Å²) in [5, 5.41) is 2.85. The molecule has 0 spiro atoms. The third-order valence-electron chi connectivity index (χ3n) is 2.23. The molecule has 0 bridgehead atoms. The highest BCUT2D eigenvalue weighted by atomic mass is 16.5. The number of benzene rings is 1. The summed E-state index contributed by atoms with van der Waals surface area (Å²) < 4.78 is 10.4. The molecule has 0 heterocycles. The van der Waals surface area contributed by atoms with Crippen LogP contribution in [0, 0.1) is 0 Å². The van der Waals surface area contributed by atoms with Gasteiger partial charge in [0.1, 0.15) is 5.75 Å². The minimum atomic E-state index is -0.140. The van der Waals surface area contributed by atoms with Gasteiger partial charge < -0.3 is 14.8 Å². The molecule has 0 saturated carbocycles. The molecule has 0 aliphatic rings. The van der Waals surface area contributed by atoms with Gasteiger partial charge in [0.2, 0.25) is 0 Å². The van der Waals surface area contributed by atoms with Crippen LogP contribution >= 0.6 is 0 Å². The number of para-hydroxylation sites is 1. The molecular formula is C13H19NO3. The van der Waals surface area contributed by atoms with Gasteiger partial charge in [-0.2, -0.15) is 0 Å². The first-order valence-electron chi connectivity index (χ1n) is 5.70. The van der Waals surface area contributed by atoms with Crippen LogP contribution in [0.4, 0.5) is 0 Å². The molecule has 0 unspecified atom stereocenters. The molecule has 0 saturated heterocycles. The highest BCUT2D eigenvalue weighted by Gasteiger charge is 2.13. The molecule has 17 heavy (non-hydrogen) atoms. The first-order valence-corrected chi connectivity index (χ1v) is 5.70. The molecule has 0 aliphatic carbocycles. The van der Waals surface area contributed by atoms with Crippen molar-refractivity contribution in [2.75, 3.05) is 20.3 Å². The lowest BCUT2D eigenvalue weighted by atomic mass is 10.2. The number of methoxy groups -OCH3 is 1. The van der Waals surface area contributed by atoms with Crippen molar-refractivity contribution < 1.29 is 14.3 Å². The second kappa shape index (κ2) is 6.91. The number of ether oxygens (including phenoxy) is 2. The molecule has 1 N–H and O–H groups in total. The van der Waals surface area contributed by atoms with Gasteiger partial charge in [-0.1, -0.05) is 12.1 Å². The number of hydrogen-bond donors (Lipinski definition) is 1. The molecule has 4 heteroatoms. The van der Waals surface area contributed by atoms with E-state index in [0.29, 0.717) is 24.5 Å². The van der Waals surface area contributed by atoms with E-state index >= 15 is 0 Å². The lowest BCUT2D eigenvalue weighted by Crippen LogP contribution is -2.35. The summed E-state index contributed by atoms with van der Waals surface area (Å²) in [7, 11) is 1.61. The van der Waals surface area contributed by atoms with Crippen molar-refractivity contribution in [1.82, 2.24) is 5.32 Å². The van der Waals surface area contributed by atoms with Crippen molar-refractivity contribution >= 4 is 5.91 Å². The molecule has 0 fully saturated rings. The fourth-order valence-electron chi connectivity index (χ4n) is 1.53. The Hall–Kier alpha value is -1.55. The normalized spacial score (nSPS) is 11.9. The maximum atomic E-state index is 12.0. The Morgan fingerprint density at radius 2 is 2.12 bits per heavy atom. The highest BCUT2D eigenvalue weighted by Crippen LogP contribution is 2.17. The molecule has 0 aromatic heterocycles. The zero-order chi connectivity index (χ0) is 12.7. The Morgan fingerprint density at radius 3 is 2.76 bits per heavy atom. The largest absolute Gasteiger partial charge is 0.493 e. The van der Waals surface area contributed by atoms with E-state index in [-0.39, 0.29) is 11.9 Å². The highest BCUT2D eigenvalue weighted by molar-refractivity contribution is 5.97. The molecule has 94 valence electrons. The van der Waals surface area contributed by atoms with Crippen LogP contribution in [0.1, 0.15) is 24.2 Å². The van der Waals surface area contributed by atoms with Crippen molar-refractivity contribution in [2.45, 2.75) is 19.9 Å². The Labute approximate surface area is 102 Å². The Morgan fingerprint density at radius 1 is 1.41 bits per heavy atom. The quantitative estimate of drug-likeness (QED) is 0.821. The van der Waals surface area contributed by atoms with Gasteiger partial charge in [-0.05, 0) is 26.0 Å². The minimum absolute atomic E-state index is 0.0258. The van der Waals surface area contributed by atoms with Crippen molar-refractivity contribution in [3.63, 3.8) is 0 Å². The maximum absolute atomic E-state index is 12.0. The van der Waals surface area contributed by atoms with Gasteiger partial charge in [-0.3, -0.25) is 4.79 Å². The van der Waals surface area contributed by atoms with E-state index in [1.807, 2.05) is 26.0 Å². The minimum Gasteiger partial charge on any atom is -0.493 e. The van der Waals surface area contributed by atoms with Crippen molar-refractivity contribution in [1.29, 1.82) is 0 Å². The zero-order valence-corrected chi connectivity index (χ0v) is 10.5. The van der Waals surface area contributed by atoms with Gasteiger partial charge in [0.05, 0.1) is 18.8 Å². The van der Waals surface area contributed by atoms with E-state index in [4.69, 9.17) is 9.47 Å². The fraction of sp³-hybridized carbons (Fsp3) is 0.462. The van der Waals surface area contributed by atoms with Gasteiger partial charge >= 0.3 is 0 Å². The lowest BCUT2D eigenvalue weighted by molar-refractivity contribution is 0.0902. The molecule has 0 aliphatic heterocycles. The summed E-state index contributed by atoms with van der Waals surface area (Å²) in [4.78, 5) is 12.0. The van der Waals surface area contributed by atoms with E-state index in [9.17, 15) is 4.79 Å². The first kappa shape index (κ1) is 13.5.